The lowest BCUT2D eigenvalue weighted by molar-refractivity contribution is -0.319. The van der Waals surface area contributed by atoms with E-state index in [1.54, 1.807) is 83.3 Å². The van der Waals surface area contributed by atoms with Gasteiger partial charge in [0.05, 0.1) is 54.7 Å². The van der Waals surface area contributed by atoms with Gasteiger partial charge in [-0.25, -0.2) is 0 Å². The molecule has 2 N–H and O–H groups in total. The molecule has 0 unspecified atom stereocenters. The lowest BCUT2D eigenvalue weighted by Gasteiger charge is -2.49. The number of rotatable bonds is 16. The van der Waals surface area contributed by atoms with E-state index in [2.05, 4.69) is 4.98 Å². The highest BCUT2D eigenvalue weighted by molar-refractivity contribution is 14.1. The Bertz CT molecular complexity index is 2410. The number of alkyl halides is 1. The molecular formula is C58H86IN3O16S. The zero-order valence-corrected chi connectivity index (χ0v) is 51.4. The summed E-state index contributed by atoms with van der Waals surface area (Å²) >= 11 is 3.26. The molecule has 4 aliphatic heterocycles. The van der Waals surface area contributed by atoms with E-state index in [9.17, 15) is 19.8 Å². The third-order valence-electron chi connectivity index (χ3n) is 17.5. The number of pyridine rings is 1. The van der Waals surface area contributed by atoms with Gasteiger partial charge in [0.25, 0.3) is 5.91 Å². The summed E-state index contributed by atoms with van der Waals surface area (Å²) in [4.78, 5) is 67.1. The Morgan fingerprint density at radius 3 is 2.16 bits per heavy atom. The number of fused-ring (bicyclic) bond motifs is 1. The second-order valence-electron chi connectivity index (χ2n) is 23.4. The van der Waals surface area contributed by atoms with Crippen molar-refractivity contribution in [1.82, 2.24) is 9.88 Å². The molecule has 7 rings (SSSR count). The van der Waals surface area contributed by atoms with Gasteiger partial charge in [-0.3, -0.25) is 24.2 Å². The van der Waals surface area contributed by atoms with Crippen LogP contribution in [0.1, 0.15) is 118 Å². The fraction of sp³-hybridized carbons (Fsp3) is 0.741. The Balaban J connectivity index is 1.25. The molecule has 5 aliphatic rings. The number of methoxy groups -OCH3 is 3. The van der Waals surface area contributed by atoms with E-state index in [1.165, 1.54) is 26.0 Å². The number of benzene rings is 1. The monoisotopic (exact) mass is 1240 g/mol. The van der Waals surface area contributed by atoms with E-state index >= 15 is 9.59 Å². The lowest BCUT2D eigenvalue weighted by Crippen LogP contribution is -2.61. The van der Waals surface area contributed by atoms with Gasteiger partial charge < -0.3 is 67.4 Å². The average molecular weight is 1240 g/mol. The zero-order chi connectivity index (χ0) is 57.9. The van der Waals surface area contributed by atoms with E-state index in [1.807, 2.05) is 75.3 Å². The standard InChI is InChI=1S/C58H86IN3O16S/c1-31-29-57(8,71-14)50(76-54-46(64)40(61(10)11)27-32(2)72-54)34(4)47(75-43-30-56(7,70-13)49(65)36(6)73-43)35(5)52(67)77-55(59)58(9)44(33(3)45(31)63)48(53(68)78-58)79-26-25-62(51(66)37-21-23-60-24-22-37)38-19-20-41(69-12)42(28-38)74-39-17-15-16-18-39/h19-24,28,31-36,39-40,43-44,46-50,54-55,64-65H,15-18,25-27,29-30H2,1-14H3/t31-,32-,33-,34+,35-,36+,40+,43+,44+,46-,47+,48+,49+,50-,54+,55+,56-,57-,58+/m1/s1. The maximum Gasteiger partial charge on any atom is 0.320 e. The van der Waals surface area contributed by atoms with Crippen LogP contribution in [0.2, 0.25) is 0 Å². The molecule has 1 aliphatic carbocycles. The van der Waals surface area contributed by atoms with Gasteiger partial charge in [-0.15, -0.1) is 11.8 Å². The van der Waals surface area contributed by atoms with Crippen molar-refractivity contribution in [2.75, 3.05) is 52.6 Å². The predicted molar refractivity (Wildman–Crippen MR) is 304 cm³/mol. The van der Waals surface area contributed by atoms with Crippen LogP contribution in [0.15, 0.2) is 42.7 Å². The van der Waals surface area contributed by atoms with E-state index in [0.717, 1.165) is 25.7 Å². The number of aliphatic hydroxyl groups is 2. The highest BCUT2D eigenvalue weighted by Crippen LogP contribution is 2.50. The van der Waals surface area contributed by atoms with Crippen molar-refractivity contribution in [2.45, 2.75) is 195 Å². The number of likely N-dealkylation sites (N-methyl/N-ethyl adjacent to an activating group) is 1. The molecule has 5 fully saturated rings. The maximum atomic E-state index is 15.4. The topological polar surface area (TPSA) is 220 Å². The first-order valence-corrected chi connectivity index (χ1v) is 30.1. The molecular weight excluding hydrogens is 1150 g/mol. The van der Waals surface area contributed by atoms with Crippen molar-refractivity contribution in [1.29, 1.82) is 0 Å². The number of nitrogens with zero attached hydrogens (tertiary/aromatic N) is 3. The van der Waals surface area contributed by atoms with Crippen LogP contribution in [0.3, 0.4) is 0 Å². The number of halogens is 1. The van der Waals surface area contributed by atoms with E-state index in [0.29, 0.717) is 29.2 Å². The number of aromatic nitrogens is 1. The molecule has 0 bridgehead atoms. The molecule has 4 saturated heterocycles. The molecule has 79 heavy (non-hydrogen) atoms. The number of hydrogen-bond donors (Lipinski definition) is 2. The highest BCUT2D eigenvalue weighted by atomic mass is 127. The molecule has 2 aromatic rings. The second kappa shape index (κ2) is 26.6. The Morgan fingerprint density at radius 1 is 0.861 bits per heavy atom. The number of hydrogen-bond acceptors (Lipinski definition) is 19. The summed E-state index contributed by atoms with van der Waals surface area (Å²) in [5.74, 6) is -4.71. The van der Waals surface area contributed by atoms with Gasteiger partial charge in [-0.1, -0.05) is 20.8 Å². The Labute approximate surface area is 484 Å². The molecule has 19 nitrogen and oxygen atoms in total. The van der Waals surface area contributed by atoms with Crippen LogP contribution in [0.5, 0.6) is 11.5 Å². The number of Topliss-reactive ketones (excluding diaryl/α,β-unsaturated/α-hetero) is 1. The van der Waals surface area contributed by atoms with Gasteiger partial charge in [0, 0.05) is 92.4 Å². The van der Waals surface area contributed by atoms with Gasteiger partial charge in [-0.2, -0.15) is 0 Å². The van der Waals surface area contributed by atoms with Gasteiger partial charge in [0.15, 0.2) is 33.8 Å². The van der Waals surface area contributed by atoms with Crippen molar-refractivity contribution in [3.63, 3.8) is 0 Å². The van der Waals surface area contributed by atoms with Gasteiger partial charge >= 0.3 is 11.9 Å². The van der Waals surface area contributed by atoms with Crippen molar-refractivity contribution >= 4 is 63.7 Å². The summed E-state index contributed by atoms with van der Waals surface area (Å²) in [5, 5.41) is 22.2. The van der Waals surface area contributed by atoms with E-state index in [-0.39, 0.29) is 55.1 Å². The SMILES string of the molecule is COc1ccc(N(CCS[C@@H]2C(=O)O[C@@]3(C)[C@H]2[C@@H](C)C(=O)[C@H](C)C[C@@](C)(OC)[C@H](O[C@@H]2O[C@H](C)C[C@H](N(C)C)[C@H]2O)[C@@H](C)[C@H](O[C@H]2C[C@@](C)(OC)[C@@H](O)[C@H](C)O2)[C@@H](C)C(=O)O[C@@H]3I)C(=O)c2ccncc2)cc1OC1CCCC1. The maximum absolute atomic E-state index is 15.4. The summed E-state index contributed by atoms with van der Waals surface area (Å²) in [5.41, 5.74) is -2.95. The van der Waals surface area contributed by atoms with Crippen LogP contribution in [-0.4, -0.2) is 179 Å². The molecule has 5 heterocycles. The zero-order valence-electron chi connectivity index (χ0n) is 48.5. The normalized spacial score (nSPS) is 38.9. The number of ketones is 1. The number of thioether (sulfide) groups is 1. The summed E-state index contributed by atoms with van der Waals surface area (Å²) in [6.45, 7) is 16.2. The van der Waals surface area contributed by atoms with Gasteiger partial charge in [0.1, 0.15) is 23.2 Å². The molecule has 0 radical (unpaired) electrons. The predicted octanol–water partition coefficient (Wildman–Crippen LogP) is 7.42. The number of anilines is 1. The molecule has 21 heteroatoms. The van der Waals surface area contributed by atoms with Gasteiger partial charge in [0.2, 0.25) is 0 Å². The lowest BCUT2D eigenvalue weighted by atomic mass is 9.72. The fourth-order valence-corrected chi connectivity index (χ4v) is 14.9. The Hall–Kier alpha value is -3.23. The number of esters is 2. The smallest absolute Gasteiger partial charge is 0.320 e. The number of carbonyl (C=O) groups is 4. The Kier molecular flexibility index (Phi) is 21.3. The number of aliphatic hydroxyl groups excluding tert-OH is 2. The molecule has 1 aromatic heterocycles. The first kappa shape index (κ1) is 63.4. The molecule has 1 saturated carbocycles. The summed E-state index contributed by atoms with van der Waals surface area (Å²) in [6, 6.07) is 8.36. The molecule has 1 amide bonds. The molecule has 0 spiro atoms. The van der Waals surface area contributed by atoms with Crippen molar-refractivity contribution < 1.29 is 76.8 Å². The average Bonchev–Trinajstić information content (AvgIpc) is 4.05. The van der Waals surface area contributed by atoms with Gasteiger partial charge in [-0.05, 0) is 141 Å². The van der Waals surface area contributed by atoms with Crippen LogP contribution < -0.4 is 14.4 Å². The van der Waals surface area contributed by atoms with E-state index in [4.69, 9.17) is 47.4 Å². The van der Waals surface area contributed by atoms with Crippen LogP contribution >= 0.6 is 34.4 Å². The summed E-state index contributed by atoms with van der Waals surface area (Å²) < 4.78 is 62.8. The first-order valence-electron chi connectivity index (χ1n) is 27.8. The van der Waals surface area contributed by atoms with Crippen LogP contribution in [0, 0.1) is 29.6 Å². The first-order chi connectivity index (χ1) is 37.3. The van der Waals surface area contributed by atoms with Crippen LogP contribution in [0.4, 0.5) is 5.69 Å². The number of amides is 1. The number of ether oxygens (including phenoxy) is 10. The second-order valence-corrected chi connectivity index (χ2v) is 25.7. The summed E-state index contributed by atoms with van der Waals surface area (Å²) in [6.07, 6.45) is 0.479. The van der Waals surface area contributed by atoms with Crippen molar-refractivity contribution in [2.24, 2.45) is 29.6 Å². The minimum atomic E-state index is -1.52. The summed E-state index contributed by atoms with van der Waals surface area (Å²) in [7, 11) is 8.39. The van der Waals surface area contributed by atoms with Crippen molar-refractivity contribution in [3.8, 4) is 11.5 Å². The minimum absolute atomic E-state index is 0.0219. The minimum Gasteiger partial charge on any atom is -0.493 e. The molecule has 1 aromatic carbocycles. The highest BCUT2D eigenvalue weighted by Gasteiger charge is 2.62. The fourth-order valence-electron chi connectivity index (χ4n) is 12.7. The van der Waals surface area contributed by atoms with E-state index < -0.39 is 111 Å². The quantitative estimate of drug-likeness (QED) is 0.0949. The Morgan fingerprint density at radius 2 is 1.53 bits per heavy atom. The largest absolute Gasteiger partial charge is 0.493 e. The van der Waals surface area contributed by atoms with Crippen LogP contribution in [-0.2, 0) is 52.3 Å². The number of carbonyl (C=O) groups excluding carboxylic acids is 4. The third-order valence-corrected chi connectivity index (χ3v) is 20.3. The van der Waals surface area contributed by atoms with Crippen LogP contribution in [0.25, 0.3) is 0 Å². The number of cyclic esters (lactones) is 1. The molecule has 19 atom stereocenters. The third kappa shape index (κ3) is 13.7. The van der Waals surface area contributed by atoms with Crippen molar-refractivity contribution in [3.05, 3.63) is 48.3 Å². The molecule has 442 valence electrons.